The fourth-order valence-electron chi connectivity index (χ4n) is 0.845. The van der Waals surface area contributed by atoms with Crippen molar-refractivity contribution in [2.75, 3.05) is 0 Å². The van der Waals surface area contributed by atoms with Crippen molar-refractivity contribution in [2.24, 2.45) is 0 Å². The number of nitrogens with zero attached hydrogens (tertiary/aromatic N) is 1. The Morgan fingerprint density at radius 1 is 1.62 bits per heavy atom. The SMILES string of the molecule is N#Cc1cc(=O)[nH]c(Cl)c1C(F)F. The van der Waals surface area contributed by atoms with Gasteiger partial charge in [0, 0.05) is 6.07 Å². The molecule has 0 radical (unpaired) electrons. The predicted molar refractivity (Wildman–Crippen MR) is 41.7 cm³/mol. The molecule has 0 amide bonds. The lowest BCUT2D eigenvalue weighted by Crippen LogP contribution is -2.08. The van der Waals surface area contributed by atoms with Gasteiger partial charge in [0.25, 0.3) is 6.43 Å². The van der Waals surface area contributed by atoms with E-state index in [9.17, 15) is 13.6 Å². The van der Waals surface area contributed by atoms with Gasteiger partial charge in [-0.2, -0.15) is 5.26 Å². The Morgan fingerprint density at radius 2 is 2.23 bits per heavy atom. The van der Waals surface area contributed by atoms with Crippen molar-refractivity contribution in [2.45, 2.75) is 6.43 Å². The van der Waals surface area contributed by atoms with Crippen LogP contribution in [0.25, 0.3) is 0 Å². The van der Waals surface area contributed by atoms with Crippen molar-refractivity contribution in [1.82, 2.24) is 4.98 Å². The second kappa shape index (κ2) is 3.54. The number of nitriles is 1. The first-order chi connectivity index (χ1) is 6.06. The van der Waals surface area contributed by atoms with E-state index in [-0.39, 0.29) is 0 Å². The van der Waals surface area contributed by atoms with E-state index < -0.39 is 28.3 Å². The second-order valence-electron chi connectivity index (χ2n) is 2.19. The Labute approximate surface area is 76.6 Å². The average Bonchev–Trinajstić information content (AvgIpc) is 2.01. The molecule has 0 unspecified atom stereocenters. The van der Waals surface area contributed by atoms with Crippen LogP contribution < -0.4 is 5.56 Å². The van der Waals surface area contributed by atoms with E-state index in [4.69, 9.17) is 16.9 Å². The average molecular weight is 205 g/mol. The molecule has 6 heteroatoms. The van der Waals surface area contributed by atoms with E-state index in [0.717, 1.165) is 6.07 Å². The maximum absolute atomic E-state index is 12.2. The van der Waals surface area contributed by atoms with E-state index >= 15 is 0 Å². The van der Waals surface area contributed by atoms with Gasteiger partial charge in [0.2, 0.25) is 5.56 Å². The van der Waals surface area contributed by atoms with Crippen LogP contribution in [-0.2, 0) is 0 Å². The minimum absolute atomic E-state index is 0.399. The van der Waals surface area contributed by atoms with Crippen molar-refractivity contribution < 1.29 is 8.78 Å². The maximum Gasteiger partial charge on any atom is 0.268 e. The molecule has 1 rings (SSSR count). The van der Waals surface area contributed by atoms with E-state index in [1.54, 1.807) is 0 Å². The largest absolute Gasteiger partial charge is 0.312 e. The molecule has 0 saturated heterocycles. The number of rotatable bonds is 1. The van der Waals surface area contributed by atoms with Crippen LogP contribution in [0, 0.1) is 11.3 Å². The van der Waals surface area contributed by atoms with Gasteiger partial charge in [0.15, 0.2) is 0 Å². The second-order valence-corrected chi connectivity index (χ2v) is 2.57. The fourth-order valence-corrected chi connectivity index (χ4v) is 1.12. The van der Waals surface area contributed by atoms with Crippen LogP contribution in [0.5, 0.6) is 0 Å². The number of pyridine rings is 1. The van der Waals surface area contributed by atoms with E-state index in [0.29, 0.717) is 0 Å². The van der Waals surface area contributed by atoms with Gasteiger partial charge < -0.3 is 4.98 Å². The third-order valence-corrected chi connectivity index (χ3v) is 1.67. The Kier molecular flexibility index (Phi) is 2.63. The summed E-state index contributed by atoms with van der Waals surface area (Å²) in [6.07, 6.45) is -2.88. The van der Waals surface area contributed by atoms with Gasteiger partial charge in [0.1, 0.15) is 5.15 Å². The van der Waals surface area contributed by atoms with E-state index in [1.165, 1.54) is 6.07 Å². The summed E-state index contributed by atoms with van der Waals surface area (Å²) in [6, 6.07) is 2.26. The Bertz CT molecular complexity index is 421. The topological polar surface area (TPSA) is 56.6 Å². The number of halogens is 3. The zero-order valence-electron chi connectivity index (χ0n) is 6.14. The summed E-state index contributed by atoms with van der Waals surface area (Å²) < 4.78 is 24.5. The number of hydrogen-bond donors (Lipinski definition) is 1. The van der Waals surface area contributed by atoms with Crippen molar-refractivity contribution in [3.8, 4) is 6.07 Å². The molecule has 1 aromatic rings. The first kappa shape index (κ1) is 9.68. The molecule has 68 valence electrons. The number of H-pyrrole nitrogens is 1. The van der Waals surface area contributed by atoms with Gasteiger partial charge in [-0.25, -0.2) is 8.78 Å². The van der Waals surface area contributed by atoms with Gasteiger partial charge in [-0.3, -0.25) is 4.79 Å². The summed E-state index contributed by atoms with van der Waals surface area (Å²) in [7, 11) is 0. The lowest BCUT2D eigenvalue weighted by molar-refractivity contribution is 0.150. The van der Waals surface area contributed by atoms with Crippen molar-refractivity contribution in [3.63, 3.8) is 0 Å². The molecule has 3 nitrogen and oxygen atoms in total. The summed E-state index contributed by atoms with van der Waals surface area (Å²) in [5.41, 5.74) is -1.71. The van der Waals surface area contributed by atoms with Gasteiger partial charge in [-0.1, -0.05) is 11.6 Å². The molecule has 1 aromatic heterocycles. The summed E-state index contributed by atoms with van der Waals surface area (Å²) in [5, 5.41) is 7.93. The van der Waals surface area contributed by atoms with Crippen LogP contribution in [0.2, 0.25) is 5.15 Å². The number of alkyl halides is 2. The van der Waals surface area contributed by atoms with Crippen LogP contribution in [-0.4, -0.2) is 4.98 Å². The molecule has 0 spiro atoms. The highest BCUT2D eigenvalue weighted by Gasteiger charge is 2.18. The molecular weight excluding hydrogens is 202 g/mol. The number of hydrogen-bond acceptors (Lipinski definition) is 2. The summed E-state index contributed by atoms with van der Waals surface area (Å²) in [5.74, 6) is 0. The lowest BCUT2D eigenvalue weighted by Gasteiger charge is -2.03. The molecular formula is C7H3ClF2N2O. The van der Waals surface area contributed by atoms with Crippen LogP contribution in [0.1, 0.15) is 17.6 Å². The molecule has 0 aliphatic rings. The highest BCUT2D eigenvalue weighted by Crippen LogP contribution is 2.26. The molecule has 1 heterocycles. The molecule has 1 N–H and O–H groups in total. The third kappa shape index (κ3) is 1.84. The zero-order valence-corrected chi connectivity index (χ0v) is 6.90. The maximum atomic E-state index is 12.2. The molecule has 0 fully saturated rings. The molecule has 0 bridgehead atoms. The first-order valence-corrected chi connectivity index (χ1v) is 3.55. The molecule has 0 aromatic carbocycles. The van der Waals surface area contributed by atoms with Gasteiger partial charge >= 0.3 is 0 Å². The lowest BCUT2D eigenvalue weighted by atomic mass is 10.1. The Balaban J connectivity index is 3.50. The minimum atomic E-state index is -2.88. The van der Waals surface area contributed by atoms with Gasteiger partial charge in [0.05, 0.1) is 17.2 Å². The van der Waals surface area contributed by atoms with E-state index in [2.05, 4.69) is 0 Å². The number of aromatic nitrogens is 1. The van der Waals surface area contributed by atoms with Crippen molar-refractivity contribution >= 4 is 11.6 Å². The Hall–Kier alpha value is -1.41. The highest BCUT2D eigenvalue weighted by atomic mass is 35.5. The van der Waals surface area contributed by atoms with Gasteiger partial charge in [-0.15, -0.1) is 0 Å². The summed E-state index contributed by atoms with van der Waals surface area (Å²) >= 11 is 5.32. The summed E-state index contributed by atoms with van der Waals surface area (Å²) in [4.78, 5) is 12.7. The van der Waals surface area contributed by atoms with Gasteiger partial charge in [-0.05, 0) is 0 Å². The molecule has 13 heavy (non-hydrogen) atoms. The van der Waals surface area contributed by atoms with Crippen LogP contribution in [0.4, 0.5) is 8.78 Å². The minimum Gasteiger partial charge on any atom is -0.312 e. The first-order valence-electron chi connectivity index (χ1n) is 3.17. The zero-order chi connectivity index (χ0) is 10.0. The normalized spacial score (nSPS) is 10.1. The van der Waals surface area contributed by atoms with Crippen LogP contribution in [0.15, 0.2) is 10.9 Å². The third-order valence-electron chi connectivity index (χ3n) is 1.37. The van der Waals surface area contributed by atoms with Crippen LogP contribution >= 0.6 is 11.6 Å². The summed E-state index contributed by atoms with van der Waals surface area (Å²) in [6.45, 7) is 0. The van der Waals surface area contributed by atoms with Crippen LogP contribution in [0.3, 0.4) is 0 Å². The predicted octanol–water partition coefficient (Wildman–Crippen LogP) is 1.84. The molecule has 0 aliphatic carbocycles. The molecule has 0 atom stereocenters. The molecule has 0 saturated carbocycles. The van der Waals surface area contributed by atoms with Crippen molar-refractivity contribution in [1.29, 1.82) is 5.26 Å². The monoisotopic (exact) mass is 204 g/mol. The standard InChI is InChI=1S/C7H3ClF2N2O/c8-6-5(7(9)10)3(2-11)1-4(13)12-6/h1,7H,(H,12,13). The highest BCUT2D eigenvalue weighted by molar-refractivity contribution is 6.30. The number of nitrogens with one attached hydrogen (secondary N) is 1. The van der Waals surface area contributed by atoms with Crippen molar-refractivity contribution in [3.05, 3.63) is 32.7 Å². The smallest absolute Gasteiger partial charge is 0.268 e. The molecule has 0 aliphatic heterocycles. The van der Waals surface area contributed by atoms with E-state index in [1.807, 2.05) is 4.98 Å². The quantitative estimate of drug-likeness (QED) is 0.710. The Morgan fingerprint density at radius 3 is 2.69 bits per heavy atom. The number of aromatic amines is 1. The fraction of sp³-hybridized carbons (Fsp3) is 0.143.